The summed E-state index contributed by atoms with van der Waals surface area (Å²) in [5, 5.41) is 14.2. The molecule has 0 bridgehead atoms. The summed E-state index contributed by atoms with van der Waals surface area (Å²) in [7, 11) is -1.85. The van der Waals surface area contributed by atoms with E-state index in [9.17, 15) is 35.2 Å². The van der Waals surface area contributed by atoms with Gasteiger partial charge in [0.15, 0.2) is 0 Å². The van der Waals surface area contributed by atoms with Crippen LogP contribution in [-0.4, -0.2) is 84.0 Å². The normalized spacial score (nSPS) is 16.4. The minimum atomic E-state index is -3.19. The second-order valence-corrected chi connectivity index (χ2v) is 14.9. The predicted molar refractivity (Wildman–Crippen MR) is 163 cm³/mol. The standard InChI is InChI=1S/C13H18FN3O3S.C12H16FN3O.CH3ClO2S/c1-21(19,20)17-8-6-12(7-9-17)16-13(18)15-11-4-2-10(14)3-5-11;13-9-1-3-10(4-2-9)15-12(17)16-11-5-7-14-8-6-11;1-5(2,3)4/h2-5,12H,6-9H2,1H3,(H2,15,16,18);1-4,11,14H,5-8H2,(H2,15,16,17);1H3. The lowest BCUT2D eigenvalue weighted by Crippen LogP contribution is -2.47. The van der Waals surface area contributed by atoms with Gasteiger partial charge in [0.25, 0.3) is 0 Å². The summed E-state index contributed by atoms with van der Waals surface area (Å²) in [5.74, 6) is -0.677. The number of urea groups is 2. The summed E-state index contributed by atoms with van der Waals surface area (Å²) >= 11 is 0. The van der Waals surface area contributed by atoms with Gasteiger partial charge < -0.3 is 26.6 Å². The first-order valence-corrected chi connectivity index (χ1v) is 17.9. The van der Waals surface area contributed by atoms with Gasteiger partial charge in [-0.15, -0.1) is 0 Å². The maximum Gasteiger partial charge on any atom is 0.319 e. The van der Waals surface area contributed by atoms with Crippen LogP contribution < -0.4 is 26.6 Å². The Kier molecular flexibility index (Phi) is 14.5. The Morgan fingerprint density at radius 3 is 1.44 bits per heavy atom. The Bertz CT molecular complexity index is 1380. The third-order valence-electron chi connectivity index (χ3n) is 6.14. The van der Waals surface area contributed by atoms with Crippen molar-refractivity contribution in [3.05, 3.63) is 60.2 Å². The van der Waals surface area contributed by atoms with E-state index in [4.69, 9.17) is 0 Å². The number of amides is 4. The summed E-state index contributed by atoms with van der Waals surface area (Å²) in [6.07, 6.45) is 5.14. The third kappa shape index (κ3) is 16.4. The molecule has 2 aromatic carbocycles. The minimum Gasteiger partial charge on any atom is -0.335 e. The summed E-state index contributed by atoms with van der Waals surface area (Å²) in [6.45, 7) is 2.67. The van der Waals surface area contributed by atoms with Crippen LogP contribution in [0.15, 0.2) is 48.5 Å². The zero-order valence-corrected chi connectivity index (χ0v) is 26.2. The first-order chi connectivity index (χ1) is 20.1. The highest BCUT2D eigenvalue weighted by molar-refractivity contribution is 8.13. The quantitative estimate of drug-likeness (QED) is 0.306. The second-order valence-electron chi connectivity index (χ2n) is 9.85. The molecule has 2 saturated heterocycles. The summed E-state index contributed by atoms with van der Waals surface area (Å²) in [5.41, 5.74) is 1.10. The molecule has 17 heteroatoms. The number of piperidine rings is 2. The van der Waals surface area contributed by atoms with Gasteiger partial charge in [-0.05, 0) is 87.3 Å². The minimum absolute atomic E-state index is 0.0663. The van der Waals surface area contributed by atoms with E-state index in [1.54, 1.807) is 0 Å². The Morgan fingerprint density at radius 2 is 1.09 bits per heavy atom. The molecule has 4 amide bonds. The number of nitrogens with one attached hydrogen (secondary N) is 5. The molecular formula is C26H37ClF2N6O6S2. The van der Waals surface area contributed by atoms with Gasteiger partial charge in [0.05, 0.1) is 12.5 Å². The number of anilines is 2. The van der Waals surface area contributed by atoms with Crippen molar-refractivity contribution in [2.45, 2.75) is 37.8 Å². The van der Waals surface area contributed by atoms with E-state index < -0.39 is 19.1 Å². The Hall–Kier alpha value is -3.05. The van der Waals surface area contributed by atoms with Crippen LogP contribution in [-0.2, 0) is 19.1 Å². The highest BCUT2D eigenvalue weighted by Crippen LogP contribution is 2.14. The lowest BCUT2D eigenvalue weighted by molar-refractivity contribution is 0.238. The lowest BCUT2D eigenvalue weighted by Gasteiger charge is -2.30. The van der Waals surface area contributed by atoms with Gasteiger partial charge in [0.2, 0.25) is 19.1 Å². The molecule has 5 N–H and O–H groups in total. The average molecular weight is 667 g/mol. The predicted octanol–water partition coefficient (Wildman–Crippen LogP) is 3.26. The van der Waals surface area contributed by atoms with Gasteiger partial charge in [-0.2, -0.15) is 0 Å². The second kappa shape index (κ2) is 17.3. The number of carbonyl (C=O) groups is 2. The molecule has 4 rings (SSSR count). The topological polar surface area (TPSA) is 166 Å². The van der Waals surface area contributed by atoms with E-state index in [0.29, 0.717) is 37.3 Å². The largest absolute Gasteiger partial charge is 0.335 e. The number of rotatable bonds is 5. The number of sulfonamides is 1. The van der Waals surface area contributed by atoms with E-state index >= 15 is 0 Å². The summed E-state index contributed by atoms with van der Waals surface area (Å²) in [4.78, 5) is 23.4. The van der Waals surface area contributed by atoms with Crippen molar-refractivity contribution >= 4 is 53.2 Å². The van der Waals surface area contributed by atoms with Crippen LogP contribution in [0.4, 0.5) is 29.7 Å². The first-order valence-electron chi connectivity index (χ1n) is 13.3. The molecule has 2 fully saturated rings. The Labute approximate surface area is 255 Å². The van der Waals surface area contributed by atoms with Crippen molar-refractivity contribution < 1.29 is 35.2 Å². The van der Waals surface area contributed by atoms with Gasteiger partial charge in [0.1, 0.15) is 11.6 Å². The fourth-order valence-corrected chi connectivity index (χ4v) is 4.94. The maximum atomic E-state index is 12.7. The van der Waals surface area contributed by atoms with Crippen LogP contribution in [0.3, 0.4) is 0 Å². The van der Waals surface area contributed by atoms with Gasteiger partial charge in [-0.3, -0.25) is 0 Å². The number of hydrogen-bond donors (Lipinski definition) is 5. The number of halogens is 3. The maximum absolute atomic E-state index is 12.7. The molecule has 12 nitrogen and oxygen atoms in total. The Balaban J connectivity index is 0.000000264. The average Bonchev–Trinajstić information content (AvgIpc) is 2.91. The first kappa shape index (κ1) is 36.1. The van der Waals surface area contributed by atoms with Crippen LogP contribution in [0, 0.1) is 11.6 Å². The van der Waals surface area contributed by atoms with Gasteiger partial charge in [0, 0.05) is 47.2 Å². The zero-order valence-electron chi connectivity index (χ0n) is 23.8. The smallest absolute Gasteiger partial charge is 0.319 e. The van der Waals surface area contributed by atoms with Crippen molar-refractivity contribution in [3.63, 3.8) is 0 Å². The van der Waals surface area contributed by atoms with Gasteiger partial charge in [-0.25, -0.2) is 39.5 Å². The zero-order chi connectivity index (χ0) is 32.0. The van der Waals surface area contributed by atoms with E-state index in [2.05, 4.69) is 37.3 Å². The van der Waals surface area contributed by atoms with Crippen LogP contribution in [0.1, 0.15) is 25.7 Å². The fraction of sp³-hybridized carbons (Fsp3) is 0.462. The summed E-state index contributed by atoms with van der Waals surface area (Å²) < 4.78 is 68.4. The van der Waals surface area contributed by atoms with Crippen LogP contribution in [0.5, 0.6) is 0 Å². The molecule has 2 heterocycles. The lowest BCUT2D eigenvalue weighted by atomic mass is 10.1. The third-order valence-corrected chi connectivity index (χ3v) is 7.44. The molecule has 0 radical (unpaired) electrons. The van der Waals surface area contributed by atoms with Crippen molar-refractivity contribution in [1.29, 1.82) is 0 Å². The van der Waals surface area contributed by atoms with E-state index in [1.807, 2.05) is 0 Å². The van der Waals surface area contributed by atoms with Crippen LogP contribution in [0.25, 0.3) is 0 Å². The molecule has 240 valence electrons. The van der Waals surface area contributed by atoms with Crippen molar-refractivity contribution in [3.8, 4) is 0 Å². The number of nitrogens with zero attached hydrogens (tertiary/aromatic N) is 1. The highest BCUT2D eigenvalue weighted by Gasteiger charge is 2.25. The number of carbonyl (C=O) groups excluding carboxylic acids is 2. The number of hydrogen-bond acceptors (Lipinski definition) is 7. The molecule has 0 aliphatic carbocycles. The fourth-order valence-electron chi connectivity index (χ4n) is 4.07. The molecule has 0 saturated carbocycles. The summed E-state index contributed by atoms with van der Waals surface area (Å²) in [6, 6.07) is 10.7. The molecule has 0 aromatic heterocycles. The van der Waals surface area contributed by atoms with Crippen molar-refractivity contribution in [1.82, 2.24) is 20.3 Å². The molecule has 2 aliphatic rings. The van der Waals surface area contributed by atoms with Crippen LogP contribution in [0.2, 0.25) is 0 Å². The molecule has 0 unspecified atom stereocenters. The van der Waals surface area contributed by atoms with E-state index in [1.165, 1.54) is 59.1 Å². The molecule has 2 aromatic rings. The SMILES string of the molecule is CS(=O)(=O)Cl.CS(=O)(=O)N1CCC(NC(=O)Nc2ccc(F)cc2)CC1.O=C(Nc1ccc(F)cc1)NC1CCNCC1. The molecule has 0 spiro atoms. The van der Waals surface area contributed by atoms with Crippen molar-refractivity contribution in [2.75, 3.05) is 49.3 Å². The molecule has 2 aliphatic heterocycles. The Morgan fingerprint density at radius 1 is 0.744 bits per heavy atom. The molecule has 0 atom stereocenters. The van der Waals surface area contributed by atoms with Gasteiger partial charge in [-0.1, -0.05) is 0 Å². The van der Waals surface area contributed by atoms with Crippen LogP contribution >= 0.6 is 10.7 Å². The van der Waals surface area contributed by atoms with E-state index in [0.717, 1.165) is 32.2 Å². The van der Waals surface area contributed by atoms with E-state index in [-0.39, 0.29) is 35.8 Å². The monoisotopic (exact) mass is 666 g/mol. The molecule has 43 heavy (non-hydrogen) atoms. The molecular weight excluding hydrogens is 630 g/mol. The number of benzene rings is 2. The van der Waals surface area contributed by atoms with Crippen molar-refractivity contribution in [2.24, 2.45) is 0 Å². The van der Waals surface area contributed by atoms with Gasteiger partial charge >= 0.3 is 12.1 Å². The highest BCUT2D eigenvalue weighted by atomic mass is 35.7.